The normalized spacial score (nSPS) is 12.3. The van der Waals surface area contributed by atoms with Crippen LogP contribution in [0.5, 0.6) is 0 Å². The van der Waals surface area contributed by atoms with Crippen molar-refractivity contribution in [3.63, 3.8) is 0 Å². The molecule has 0 aliphatic rings. The van der Waals surface area contributed by atoms with Crippen LogP contribution in [0.1, 0.15) is 19.4 Å². The number of halogens is 3. The lowest BCUT2D eigenvalue weighted by atomic mass is 10.0. The Bertz CT molecular complexity index is 388. The first-order chi connectivity index (χ1) is 7.45. The van der Waals surface area contributed by atoms with E-state index in [2.05, 4.69) is 0 Å². The molecule has 0 unspecified atom stereocenters. The molecule has 16 heavy (non-hydrogen) atoms. The maximum absolute atomic E-state index is 12.9. The van der Waals surface area contributed by atoms with E-state index in [0.717, 1.165) is 12.1 Å². The van der Waals surface area contributed by atoms with Crippen LogP contribution in [0.2, 0.25) is 0 Å². The largest absolute Gasteiger partial charge is 0.392 e. The summed E-state index contributed by atoms with van der Waals surface area (Å²) in [5.41, 5.74) is 0.833. The maximum Gasteiger partial charge on any atom is 0.194 e. The molecule has 0 aliphatic carbocycles. The quantitative estimate of drug-likeness (QED) is 0.791. The van der Waals surface area contributed by atoms with E-state index in [-0.39, 0.29) is 18.1 Å². The number of hydrogen-bond acceptors (Lipinski definition) is 1. The average molecular weight is 230 g/mol. The van der Waals surface area contributed by atoms with Crippen molar-refractivity contribution < 1.29 is 18.3 Å². The van der Waals surface area contributed by atoms with Crippen molar-refractivity contribution >= 4 is 6.08 Å². The Kier molecular flexibility index (Phi) is 4.12. The van der Waals surface area contributed by atoms with Crippen molar-refractivity contribution in [1.82, 2.24) is 0 Å². The van der Waals surface area contributed by atoms with Gasteiger partial charge in [0.05, 0.1) is 6.61 Å². The fraction of sp³-hybridized carbons (Fsp3) is 0.333. The molecule has 0 fully saturated rings. The molecule has 0 saturated carbocycles. The third-order valence-corrected chi connectivity index (χ3v) is 2.28. The fourth-order valence-electron chi connectivity index (χ4n) is 1.27. The maximum atomic E-state index is 12.9. The Labute approximate surface area is 92.2 Å². The van der Waals surface area contributed by atoms with Crippen molar-refractivity contribution in [2.24, 2.45) is 5.92 Å². The highest BCUT2D eigenvalue weighted by Crippen LogP contribution is 2.18. The Morgan fingerprint density at radius 2 is 1.75 bits per heavy atom. The predicted molar refractivity (Wildman–Crippen MR) is 56.2 cm³/mol. The molecule has 1 nitrogen and oxygen atoms in total. The standard InChI is InChI=1S/C12H13F3O/c1-7(2)9(6-16)3-8-4-10(13)12(15)11(14)5-8/h3-5,7,16H,6H2,1-2H3. The second-order valence-electron chi connectivity index (χ2n) is 3.83. The van der Waals surface area contributed by atoms with Gasteiger partial charge in [-0.15, -0.1) is 0 Å². The number of rotatable bonds is 3. The smallest absolute Gasteiger partial charge is 0.194 e. The summed E-state index contributed by atoms with van der Waals surface area (Å²) in [7, 11) is 0. The zero-order valence-corrected chi connectivity index (χ0v) is 9.10. The average Bonchev–Trinajstić information content (AvgIpc) is 2.21. The van der Waals surface area contributed by atoms with E-state index < -0.39 is 17.5 Å². The summed E-state index contributed by atoms with van der Waals surface area (Å²) in [6.45, 7) is 3.49. The van der Waals surface area contributed by atoms with E-state index in [1.165, 1.54) is 6.08 Å². The van der Waals surface area contributed by atoms with Gasteiger partial charge < -0.3 is 5.11 Å². The summed E-state index contributed by atoms with van der Waals surface area (Å²) in [6.07, 6.45) is 1.45. The van der Waals surface area contributed by atoms with Gasteiger partial charge in [-0.2, -0.15) is 0 Å². The van der Waals surface area contributed by atoms with Gasteiger partial charge in [-0.3, -0.25) is 0 Å². The number of aliphatic hydroxyl groups is 1. The van der Waals surface area contributed by atoms with Crippen LogP contribution in [0.3, 0.4) is 0 Å². The van der Waals surface area contributed by atoms with E-state index >= 15 is 0 Å². The summed E-state index contributed by atoms with van der Waals surface area (Å²) in [6, 6.07) is 1.80. The highest BCUT2D eigenvalue weighted by Gasteiger charge is 2.10. The Hall–Kier alpha value is -1.29. The minimum Gasteiger partial charge on any atom is -0.392 e. The highest BCUT2D eigenvalue weighted by atomic mass is 19.2. The molecule has 1 aromatic rings. The molecule has 0 aromatic heterocycles. The van der Waals surface area contributed by atoms with E-state index in [0.29, 0.717) is 5.57 Å². The van der Waals surface area contributed by atoms with Crippen molar-refractivity contribution in [3.8, 4) is 0 Å². The second-order valence-corrected chi connectivity index (χ2v) is 3.83. The molecule has 0 heterocycles. The molecular formula is C12H13F3O. The summed E-state index contributed by atoms with van der Waals surface area (Å²) in [5, 5.41) is 9.02. The molecule has 0 amide bonds. The third kappa shape index (κ3) is 2.85. The monoisotopic (exact) mass is 230 g/mol. The Morgan fingerprint density at radius 3 is 2.12 bits per heavy atom. The van der Waals surface area contributed by atoms with Gasteiger partial charge in [0, 0.05) is 0 Å². The fourth-order valence-corrected chi connectivity index (χ4v) is 1.27. The van der Waals surface area contributed by atoms with E-state index in [4.69, 9.17) is 5.11 Å². The first-order valence-corrected chi connectivity index (χ1v) is 4.91. The van der Waals surface area contributed by atoms with E-state index in [1.807, 2.05) is 13.8 Å². The molecule has 0 bridgehead atoms. The number of aliphatic hydroxyl groups excluding tert-OH is 1. The second kappa shape index (κ2) is 5.16. The lowest BCUT2D eigenvalue weighted by Gasteiger charge is -2.08. The van der Waals surface area contributed by atoms with Gasteiger partial charge in [-0.25, -0.2) is 13.2 Å². The zero-order chi connectivity index (χ0) is 12.3. The minimum atomic E-state index is -1.48. The van der Waals surface area contributed by atoms with Crippen LogP contribution in [0.25, 0.3) is 6.08 Å². The van der Waals surface area contributed by atoms with Crippen LogP contribution in [0, 0.1) is 23.4 Å². The molecule has 88 valence electrons. The SMILES string of the molecule is CC(C)C(=Cc1cc(F)c(F)c(F)c1)CO. The lowest BCUT2D eigenvalue weighted by Crippen LogP contribution is -1.99. The predicted octanol–water partition coefficient (Wildman–Crippen LogP) is 3.14. The van der Waals surface area contributed by atoms with Crippen LogP contribution in [-0.2, 0) is 0 Å². The summed E-state index contributed by atoms with van der Waals surface area (Å²) >= 11 is 0. The van der Waals surface area contributed by atoms with E-state index in [9.17, 15) is 13.2 Å². The lowest BCUT2D eigenvalue weighted by molar-refractivity contribution is 0.320. The molecule has 0 aliphatic heterocycles. The van der Waals surface area contributed by atoms with Gasteiger partial charge in [0.2, 0.25) is 0 Å². The minimum absolute atomic E-state index is 0.0566. The van der Waals surface area contributed by atoms with Crippen LogP contribution in [0.15, 0.2) is 17.7 Å². The summed E-state index contributed by atoms with van der Waals surface area (Å²) in [5.74, 6) is -3.88. The molecule has 4 heteroatoms. The number of benzene rings is 1. The molecule has 1 rings (SSSR count). The van der Waals surface area contributed by atoms with Gasteiger partial charge >= 0.3 is 0 Å². The molecule has 0 radical (unpaired) electrons. The van der Waals surface area contributed by atoms with Gasteiger partial charge in [0.1, 0.15) is 0 Å². The molecule has 0 atom stereocenters. The van der Waals surface area contributed by atoms with Gasteiger partial charge in [-0.1, -0.05) is 19.9 Å². The van der Waals surface area contributed by atoms with Crippen LogP contribution < -0.4 is 0 Å². The molecular weight excluding hydrogens is 217 g/mol. The first kappa shape index (κ1) is 12.8. The van der Waals surface area contributed by atoms with Crippen LogP contribution in [0.4, 0.5) is 13.2 Å². The topological polar surface area (TPSA) is 20.2 Å². The Morgan fingerprint density at radius 1 is 1.25 bits per heavy atom. The Balaban J connectivity index is 3.15. The van der Waals surface area contributed by atoms with Crippen LogP contribution >= 0.6 is 0 Å². The third-order valence-electron chi connectivity index (χ3n) is 2.28. The van der Waals surface area contributed by atoms with Gasteiger partial charge in [0.15, 0.2) is 17.5 Å². The molecule has 0 spiro atoms. The van der Waals surface area contributed by atoms with Crippen molar-refractivity contribution in [1.29, 1.82) is 0 Å². The summed E-state index contributed by atoms with van der Waals surface area (Å²) < 4.78 is 38.4. The van der Waals surface area contributed by atoms with Gasteiger partial charge in [-0.05, 0) is 29.2 Å². The number of hydrogen-bond donors (Lipinski definition) is 1. The van der Waals surface area contributed by atoms with Gasteiger partial charge in [0.25, 0.3) is 0 Å². The first-order valence-electron chi connectivity index (χ1n) is 4.91. The summed E-state index contributed by atoms with van der Waals surface area (Å²) in [4.78, 5) is 0. The molecule has 1 N–H and O–H groups in total. The highest BCUT2D eigenvalue weighted by molar-refractivity contribution is 5.53. The zero-order valence-electron chi connectivity index (χ0n) is 9.10. The van der Waals surface area contributed by atoms with Crippen molar-refractivity contribution in [2.75, 3.05) is 6.61 Å². The van der Waals surface area contributed by atoms with E-state index in [1.54, 1.807) is 0 Å². The van der Waals surface area contributed by atoms with Crippen LogP contribution in [-0.4, -0.2) is 11.7 Å². The van der Waals surface area contributed by atoms with Crippen molar-refractivity contribution in [3.05, 3.63) is 40.7 Å². The molecule has 1 aromatic carbocycles. The van der Waals surface area contributed by atoms with Crippen molar-refractivity contribution in [2.45, 2.75) is 13.8 Å². The molecule has 0 saturated heterocycles.